The van der Waals surface area contributed by atoms with Gasteiger partial charge >= 0.3 is 5.97 Å². The van der Waals surface area contributed by atoms with Crippen molar-refractivity contribution in [2.45, 2.75) is 26.1 Å². The number of rotatable bonds is 5. The number of benzene rings is 1. The second-order valence-corrected chi connectivity index (χ2v) is 3.94. The molecule has 0 saturated carbocycles. The lowest BCUT2D eigenvalue weighted by Gasteiger charge is -2.11. The van der Waals surface area contributed by atoms with Crippen LogP contribution in [0.1, 0.15) is 12.5 Å². The van der Waals surface area contributed by atoms with Gasteiger partial charge in [0.1, 0.15) is 6.61 Å². The first kappa shape index (κ1) is 13.0. The van der Waals surface area contributed by atoms with Crippen LogP contribution in [0.5, 0.6) is 0 Å². The standard InChI is InChI=1S/C13H16O5/c1-10(14)17-13-9-16-12(18-13)8-15-7-11-5-3-2-4-6-11/h2-6,12-13H,7-9H2,1H3/t12-,13?/m1/s1. The molecule has 1 unspecified atom stereocenters. The first-order chi connectivity index (χ1) is 8.74. The Hall–Kier alpha value is -1.43. The minimum absolute atomic E-state index is 0.249. The van der Waals surface area contributed by atoms with Gasteiger partial charge in [-0.2, -0.15) is 0 Å². The van der Waals surface area contributed by atoms with Gasteiger partial charge in [-0.15, -0.1) is 0 Å². The zero-order valence-corrected chi connectivity index (χ0v) is 10.2. The summed E-state index contributed by atoms with van der Waals surface area (Å²) in [6.45, 7) is 2.40. The molecule has 18 heavy (non-hydrogen) atoms. The monoisotopic (exact) mass is 252 g/mol. The van der Waals surface area contributed by atoms with E-state index in [4.69, 9.17) is 18.9 Å². The maximum Gasteiger partial charge on any atom is 0.305 e. The number of carbonyl (C=O) groups is 1. The van der Waals surface area contributed by atoms with Crippen molar-refractivity contribution >= 4 is 5.97 Å². The Morgan fingerprint density at radius 1 is 1.39 bits per heavy atom. The van der Waals surface area contributed by atoms with Gasteiger partial charge in [-0.1, -0.05) is 30.3 Å². The highest BCUT2D eigenvalue weighted by Crippen LogP contribution is 2.13. The molecule has 1 heterocycles. The Bertz CT molecular complexity index is 378. The third-order valence-electron chi connectivity index (χ3n) is 2.38. The Morgan fingerprint density at radius 3 is 2.89 bits per heavy atom. The van der Waals surface area contributed by atoms with E-state index in [1.54, 1.807) is 0 Å². The van der Waals surface area contributed by atoms with Crippen LogP contribution in [0.3, 0.4) is 0 Å². The lowest BCUT2D eigenvalue weighted by Crippen LogP contribution is -2.21. The molecule has 0 bridgehead atoms. The average molecular weight is 252 g/mol. The summed E-state index contributed by atoms with van der Waals surface area (Å²) in [5, 5.41) is 0. The van der Waals surface area contributed by atoms with Gasteiger partial charge in [-0.25, -0.2) is 0 Å². The van der Waals surface area contributed by atoms with E-state index < -0.39 is 12.6 Å². The topological polar surface area (TPSA) is 54.0 Å². The largest absolute Gasteiger partial charge is 0.433 e. The molecule has 1 fully saturated rings. The van der Waals surface area contributed by atoms with E-state index in [-0.39, 0.29) is 12.6 Å². The Balaban J connectivity index is 1.65. The van der Waals surface area contributed by atoms with Crippen molar-refractivity contribution in [1.82, 2.24) is 0 Å². The van der Waals surface area contributed by atoms with Gasteiger partial charge in [-0.3, -0.25) is 4.79 Å². The molecule has 0 amide bonds. The van der Waals surface area contributed by atoms with Gasteiger partial charge in [0.05, 0.1) is 13.2 Å². The molecule has 0 radical (unpaired) electrons. The predicted molar refractivity (Wildman–Crippen MR) is 62.5 cm³/mol. The lowest BCUT2D eigenvalue weighted by molar-refractivity contribution is -0.180. The van der Waals surface area contributed by atoms with Crippen LogP contribution in [0.15, 0.2) is 30.3 Å². The molecule has 1 aliphatic heterocycles. The molecule has 98 valence electrons. The third kappa shape index (κ3) is 4.10. The average Bonchev–Trinajstić information content (AvgIpc) is 2.77. The molecular formula is C13H16O5. The van der Waals surface area contributed by atoms with Crippen LogP contribution in [0, 0.1) is 0 Å². The first-order valence-corrected chi connectivity index (χ1v) is 5.80. The Morgan fingerprint density at radius 2 is 2.17 bits per heavy atom. The quantitative estimate of drug-likeness (QED) is 0.743. The van der Waals surface area contributed by atoms with Crippen LogP contribution in [0.2, 0.25) is 0 Å². The number of hydrogen-bond acceptors (Lipinski definition) is 5. The minimum Gasteiger partial charge on any atom is -0.433 e. The van der Waals surface area contributed by atoms with Crippen LogP contribution in [0.4, 0.5) is 0 Å². The van der Waals surface area contributed by atoms with Crippen molar-refractivity contribution in [3.05, 3.63) is 35.9 Å². The summed E-state index contributed by atoms with van der Waals surface area (Å²) in [6, 6.07) is 9.84. The minimum atomic E-state index is -0.618. The summed E-state index contributed by atoms with van der Waals surface area (Å²) < 4.78 is 20.9. The van der Waals surface area contributed by atoms with E-state index in [0.717, 1.165) is 5.56 Å². The molecular weight excluding hydrogens is 236 g/mol. The van der Waals surface area contributed by atoms with Gasteiger partial charge < -0.3 is 18.9 Å². The van der Waals surface area contributed by atoms with Crippen LogP contribution < -0.4 is 0 Å². The smallest absolute Gasteiger partial charge is 0.305 e. The fourth-order valence-electron chi connectivity index (χ4n) is 1.62. The summed E-state index contributed by atoms with van der Waals surface area (Å²) in [6.07, 6.45) is -1.09. The molecule has 0 aromatic heterocycles. The van der Waals surface area contributed by atoms with Crippen LogP contribution in [0.25, 0.3) is 0 Å². The van der Waals surface area contributed by atoms with E-state index in [9.17, 15) is 4.79 Å². The third-order valence-corrected chi connectivity index (χ3v) is 2.38. The van der Waals surface area contributed by atoms with E-state index in [2.05, 4.69) is 0 Å². The van der Waals surface area contributed by atoms with Gasteiger partial charge in [0, 0.05) is 6.92 Å². The highest BCUT2D eigenvalue weighted by molar-refractivity contribution is 5.66. The van der Waals surface area contributed by atoms with Crippen LogP contribution in [-0.2, 0) is 30.3 Å². The fraction of sp³-hybridized carbons (Fsp3) is 0.462. The second-order valence-electron chi connectivity index (χ2n) is 3.94. The second kappa shape index (κ2) is 6.49. The van der Waals surface area contributed by atoms with Crippen molar-refractivity contribution in [2.24, 2.45) is 0 Å². The summed E-state index contributed by atoms with van der Waals surface area (Å²) in [5.41, 5.74) is 1.09. The molecule has 2 rings (SSSR count). The lowest BCUT2D eigenvalue weighted by atomic mass is 10.2. The van der Waals surface area contributed by atoms with Crippen molar-refractivity contribution in [2.75, 3.05) is 13.2 Å². The molecule has 1 aliphatic rings. The maximum absolute atomic E-state index is 10.7. The first-order valence-electron chi connectivity index (χ1n) is 5.80. The van der Waals surface area contributed by atoms with Gasteiger partial charge in [0.2, 0.25) is 6.29 Å². The normalized spacial score (nSPS) is 22.9. The highest BCUT2D eigenvalue weighted by atomic mass is 16.8. The van der Waals surface area contributed by atoms with Crippen molar-refractivity contribution in [3.8, 4) is 0 Å². The predicted octanol–water partition coefficient (Wildman–Crippen LogP) is 1.47. The molecule has 0 aliphatic carbocycles. The number of hydrogen-bond donors (Lipinski definition) is 0. The summed E-state index contributed by atoms with van der Waals surface area (Å²) in [5.74, 6) is -0.380. The van der Waals surface area contributed by atoms with Crippen molar-refractivity contribution in [1.29, 1.82) is 0 Å². The molecule has 5 heteroatoms. The zero-order chi connectivity index (χ0) is 12.8. The zero-order valence-electron chi connectivity index (χ0n) is 10.2. The molecule has 2 atom stereocenters. The van der Waals surface area contributed by atoms with Gasteiger partial charge in [-0.05, 0) is 5.56 Å². The Labute approximate surface area is 106 Å². The fourth-order valence-corrected chi connectivity index (χ4v) is 1.62. The van der Waals surface area contributed by atoms with Crippen LogP contribution in [-0.4, -0.2) is 31.8 Å². The molecule has 1 aromatic carbocycles. The van der Waals surface area contributed by atoms with Gasteiger partial charge in [0.25, 0.3) is 0 Å². The molecule has 0 N–H and O–H groups in total. The molecule has 1 aromatic rings. The maximum atomic E-state index is 10.7. The van der Waals surface area contributed by atoms with E-state index in [1.807, 2.05) is 30.3 Å². The summed E-state index contributed by atoms with van der Waals surface area (Å²) in [4.78, 5) is 10.7. The van der Waals surface area contributed by atoms with Crippen molar-refractivity contribution < 1.29 is 23.7 Å². The van der Waals surface area contributed by atoms with Crippen molar-refractivity contribution in [3.63, 3.8) is 0 Å². The van der Waals surface area contributed by atoms with E-state index in [0.29, 0.717) is 13.2 Å². The van der Waals surface area contributed by atoms with Crippen LogP contribution >= 0.6 is 0 Å². The molecule has 1 saturated heterocycles. The van der Waals surface area contributed by atoms with E-state index >= 15 is 0 Å². The number of carbonyl (C=O) groups excluding carboxylic acids is 1. The summed E-state index contributed by atoms with van der Waals surface area (Å²) in [7, 11) is 0. The van der Waals surface area contributed by atoms with Gasteiger partial charge in [0.15, 0.2) is 6.29 Å². The Kier molecular flexibility index (Phi) is 4.69. The van der Waals surface area contributed by atoms with E-state index in [1.165, 1.54) is 6.92 Å². The number of ether oxygens (including phenoxy) is 4. The number of esters is 1. The molecule has 0 spiro atoms. The summed E-state index contributed by atoms with van der Waals surface area (Å²) >= 11 is 0. The highest BCUT2D eigenvalue weighted by Gasteiger charge is 2.28. The SMILES string of the molecule is CC(=O)OC1CO[C@@H](COCc2ccccc2)O1. The molecule has 5 nitrogen and oxygen atoms in total.